The van der Waals surface area contributed by atoms with Crippen LogP contribution in [-0.4, -0.2) is 17.9 Å². The highest BCUT2D eigenvalue weighted by Crippen LogP contribution is 2.30. The van der Waals surface area contributed by atoms with Gasteiger partial charge in [0.25, 0.3) is 11.6 Å². The first-order valence-corrected chi connectivity index (χ1v) is 11.4. The Morgan fingerprint density at radius 2 is 1.88 bits per heavy atom. The van der Waals surface area contributed by atoms with Gasteiger partial charge in [-0.25, -0.2) is 0 Å². The van der Waals surface area contributed by atoms with Crippen LogP contribution in [0, 0.1) is 38.9 Å². The summed E-state index contributed by atoms with van der Waals surface area (Å²) in [5.41, 5.74) is 5.16. The van der Waals surface area contributed by atoms with Gasteiger partial charge in [-0.2, -0.15) is 5.26 Å². The average molecular weight is 567 g/mol. The summed E-state index contributed by atoms with van der Waals surface area (Å²) in [7, 11) is 1.59. The largest absolute Gasteiger partial charge is 0.496 e. The van der Waals surface area contributed by atoms with Gasteiger partial charge in [0.1, 0.15) is 17.4 Å². The molecule has 0 aliphatic heterocycles. The van der Waals surface area contributed by atoms with Crippen molar-refractivity contribution in [2.45, 2.75) is 20.3 Å². The molecule has 0 atom stereocenters. The third kappa shape index (κ3) is 6.20. The van der Waals surface area contributed by atoms with Gasteiger partial charge in [-0.15, -0.1) is 0 Å². The van der Waals surface area contributed by atoms with E-state index in [1.54, 1.807) is 13.2 Å². The monoisotopic (exact) mass is 567 g/mol. The van der Waals surface area contributed by atoms with Crippen molar-refractivity contribution in [1.82, 2.24) is 0 Å². The number of carbonyl (C=O) groups excluding carboxylic acids is 1. The Morgan fingerprint density at radius 1 is 1.18 bits per heavy atom. The zero-order chi connectivity index (χ0) is 24.8. The fraction of sp³-hybridized carbons (Fsp3) is 0.154. The number of nitriles is 1. The number of amides is 1. The molecule has 0 radical (unpaired) electrons. The fourth-order valence-electron chi connectivity index (χ4n) is 3.65. The molecule has 0 saturated heterocycles. The second-order valence-corrected chi connectivity index (χ2v) is 8.95. The van der Waals surface area contributed by atoms with Gasteiger partial charge < -0.3 is 10.1 Å². The van der Waals surface area contributed by atoms with E-state index in [0.717, 1.165) is 9.13 Å². The molecule has 3 rings (SSSR count). The lowest BCUT2D eigenvalue weighted by molar-refractivity contribution is -0.384. The number of nitrogens with one attached hydrogen (secondary N) is 1. The lowest BCUT2D eigenvalue weighted by Crippen LogP contribution is -2.13. The topological polar surface area (TPSA) is 105 Å². The standard InChI is InChI=1S/C26H22IN3O4/c1-16-7-17(2)9-18(8-16)11-23-24(27)12-19(13-25(23)34-3)10-20(15-28)26(31)29-21-5-4-6-22(14-21)30(32)33/h4-10,12-14H,11H2,1-3H3,(H,29,31)/b20-10+. The van der Waals surface area contributed by atoms with E-state index < -0.39 is 10.8 Å². The summed E-state index contributed by atoms with van der Waals surface area (Å²) in [6.07, 6.45) is 2.16. The SMILES string of the molecule is COc1cc(/C=C(\C#N)C(=O)Nc2cccc([N+](=O)[O-])c2)cc(I)c1Cc1cc(C)cc(C)c1. The molecule has 0 aliphatic rings. The Morgan fingerprint density at radius 3 is 2.50 bits per heavy atom. The van der Waals surface area contributed by atoms with Gasteiger partial charge in [0.05, 0.1) is 12.0 Å². The number of aryl methyl sites for hydroxylation is 2. The summed E-state index contributed by atoms with van der Waals surface area (Å²) in [5.74, 6) is 0.00461. The summed E-state index contributed by atoms with van der Waals surface area (Å²) >= 11 is 2.23. The number of non-ortho nitro benzene ring substituents is 1. The average Bonchev–Trinajstić information content (AvgIpc) is 2.78. The quantitative estimate of drug-likeness (QED) is 0.125. The van der Waals surface area contributed by atoms with Crippen molar-refractivity contribution in [3.63, 3.8) is 0 Å². The summed E-state index contributed by atoms with van der Waals surface area (Å²) in [4.78, 5) is 23.0. The fourth-order valence-corrected chi connectivity index (χ4v) is 4.47. The van der Waals surface area contributed by atoms with Crippen LogP contribution in [-0.2, 0) is 11.2 Å². The van der Waals surface area contributed by atoms with Gasteiger partial charge in [-0.05, 0) is 71.8 Å². The molecule has 1 N–H and O–H groups in total. The molecular formula is C26H22IN3O4. The van der Waals surface area contributed by atoms with Crippen LogP contribution >= 0.6 is 22.6 Å². The first kappa shape index (κ1) is 24.9. The van der Waals surface area contributed by atoms with E-state index in [1.165, 1.54) is 47.0 Å². The smallest absolute Gasteiger partial charge is 0.271 e. The van der Waals surface area contributed by atoms with Crippen molar-refractivity contribution in [2.75, 3.05) is 12.4 Å². The minimum Gasteiger partial charge on any atom is -0.496 e. The number of nitro benzene ring substituents is 1. The van der Waals surface area contributed by atoms with Gasteiger partial charge in [0.2, 0.25) is 0 Å². The van der Waals surface area contributed by atoms with Crippen LogP contribution in [0.2, 0.25) is 0 Å². The number of hydrogen-bond donors (Lipinski definition) is 1. The van der Waals surface area contributed by atoms with Crippen LogP contribution in [0.3, 0.4) is 0 Å². The highest BCUT2D eigenvalue weighted by molar-refractivity contribution is 14.1. The van der Waals surface area contributed by atoms with Gasteiger partial charge in [0, 0.05) is 33.4 Å². The maximum Gasteiger partial charge on any atom is 0.271 e. The van der Waals surface area contributed by atoms with Crippen LogP contribution in [0.5, 0.6) is 5.75 Å². The molecule has 0 unspecified atom stereocenters. The zero-order valence-corrected chi connectivity index (χ0v) is 21.0. The molecule has 1 amide bonds. The van der Waals surface area contributed by atoms with Gasteiger partial charge in [0.15, 0.2) is 0 Å². The summed E-state index contributed by atoms with van der Waals surface area (Å²) in [6.45, 7) is 4.13. The number of nitro groups is 1. The van der Waals surface area contributed by atoms with Gasteiger partial charge >= 0.3 is 0 Å². The normalized spacial score (nSPS) is 11.0. The Hall–Kier alpha value is -3.71. The number of carbonyl (C=O) groups is 1. The number of rotatable bonds is 7. The second-order valence-electron chi connectivity index (χ2n) is 7.79. The Bertz CT molecular complexity index is 1320. The van der Waals surface area contributed by atoms with Crippen LogP contribution in [0.1, 0.15) is 27.8 Å². The van der Waals surface area contributed by atoms with E-state index in [1.807, 2.05) is 12.1 Å². The number of ether oxygens (including phenoxy) is 1. The number of anilines is 1. The zero-order valence-electron chi connectivity index (χ0n) is 18.9. The van der Waals surface area contributed by atoms with Crippen LogP contribution in [0.4, 0.5) is 11.4 Å². The summed E-state index contributed by atoms with van der Waals surface area (Å²) in [5, 5.41) is 23.0. The molecule has 0 bridgehead atoms. The second kappa shape index (κ2) is 10.9. The van der Waals surface area contributed by atoms with E-state index in [-0.39, 0.29) is 16.9 Å². The third-order valence-corrected chi connectivity index (χ3v) is 6.01. The van der Waals surface area contributed by atoms with Crippen molar-refractivity contribution in [3.05, 3.63) is 102 Å². The molecule has 0 aliphatic carbocycles. The molecular weight excluding hydrogens is 545 g/mol. The minimum absolute atomic E-state index is 0.133. The van der Waals surface area contributed by atoms with Crippen LogP contribution in [0.25, 0.3) is 6.08 Å². The third-order valence-electron chi connectivity index (χ3n) is 5.05. The number of halogens is 1. The van der Waals surface area contributed by atoms with Crippen LogP contribution < -0.4 is 10.1 Å². The van der Waals surface area contributed by atoms with Gasteiger partial charge in [-0.3, -0.25) is 14.9 Å². The number of nitrogens with zero attached hydrogens (tertiary/aromatic N) is 2. The van der Waals surface area contributed by atoms with Crippen molar-refractivity contribution in [2.24, 2.45) is 0 Å². The Balaban J connectivity index is 1.89. The molecule has 3 aromatic carbocycles. The van der Waals surface area contributed by atoms with Crippen molar-refractivity contribution in [3.8, 4) is 11.8 Å². The van der Waals surface area contributed by atoms with Crippen molar-refractivity contribution >= 4 is 45.9 Å². The predicted molar refractivity (Wildman–Crippen MR) is 140 cm³/mol. The summed E-state index contributed by atoms with van der Waals surface area (Å²) in [6, 6.07) is 17.5. The molecule has 8 heteroatoms. The number of benzene rings is 3. The maximum absolute atomic E-state index is 12.6. The summed E-state index contributed by atoms with van der Waals surface area (Å²) < 4.78 is 6.57. The van der Waals surface area contributed by atoms with Crippen LogP contribution in [0.15, 0.2) is 60.2 Å². The highest BCUT2D eigenvalue weighted by Gasteiger charge is 2.15. The molecule has 34 heavy (non-hydrogen) atoms. The predicted octanol–water partition coefficient (Wildman–Crippen LogP) is 5.96. The Labute approximate surface area is 211 Å². The van der Waals surface area contributed by atoms with Crippen molar-refractivity contribution in [1.29, 1.82) is 5.26 Å². The van der Waals surface area contributed by atoms with E-state index in [2.05, 4.69) is 60.0 Å². The number of methoxy groups -OCH3 is 1. The molecule has 0 fully saturated rings. The van der Waals surface area contributed by atoms with E-state index in [0.29, 0.717) is 17.7 Å². The van der Waals surface area contributed by atoms with E-state index >= 15 is 0 Å². The minimum atomic E-state index is -0.656. The molecule has 172 valence electrons. The molecule has 0 aromatic heterocycles. The van der Waals surface area contributed by atoms with Gasteiger partial charge in [-0.1, -0.05) is 35.4 Å². The van der Waals surface area contributed by atoms with E-state index in [4.69, 9.17) is 4.74 Å². The molecule has 0 saturated carbocycles. The Kier molecular flexibility index (Phi) is 8.02. The van der Waals surface area contributed by atoms with Crippen molar-refractivity contribution < 1.29 is 14.5 Å². The number of hydrogen-bond acceptors (Lipinski definition) is 5. The molecule has 3 aromatic rings. The first-order chi connectivity index (χ1) is 16.2. The lowest BCUT2D eigenvalue weighted by atomic mass is 9.98. The molecule has 7 nitrogen and oxygen atoms in total. The molecule has 0 spiro atoms. The first-order valence-electron chi connectivity index (χ1n) is 10.3. The highest BCUT2D eigenvalue weighted by atomic mass is 127. The lowest BCUT2D eigenvalue weighted by Gasteiger charge is -2.14. The molecule has 0 heterocycles. The maximum atomic E-state index is 12.6. The van der Waals surface area contributed by atoms with E-state index in [9.17, 15) is 20.2 Å².